The molecule has 194 valence electrons. The Labute approximate surface area is 224 Å². The zero-order valence-electron chi connectivity index (χ0n) is 21.0. The van der Waals surface area contributed by atoms with Gasteiger partial charge in [-0.2, -0.15) is 14.7 Å². The van der Waals surface area contributed by atoms with Crippen molar-refractivity contribution in [1.29, 1.82) is 0 Å². The van der Waals surface area contributed by atoms with Crippen molar-refractivity contribution in [2.45, 2.75) is 48.6 Å². The summed E-state index contributed by atoms with van der Waals surface area (Å²) in [5.74, 6) is 5.58. The number of fused-ring (bicyclic) bond motifs is 3. The van der Waals surface area contributed by atoms with E-state index >= 15 is 0 Å². The molecule has 0 radical (unpaired) electrons. The van der Waals surface area contributed by atoms with Gasteiger partial charge in [0.15, 0.2) is 5.65 Å². The van der Waals surface area contributed by atoms with Gasteiger partial charge in [-0.3, -0.25) is 9.78 Å². The molecule has 2 unspecified atom stereocenters. The third-order valence-electron chi connectivity index (χ3n) is 7.72. The minimum absolute atomic E-state index is 0.0691. The van der Waals surface area contributed by atoms with Gasteiger partial charge >= 0.3 is 0 Å². The second kappa shape index (κ2) is 9.64. The van der Waals surface area contributed by atoms with Gasteiger partial charge < -0.3 is 22.2 Å². The lowest BCUT2D eigenvalue weighted by atomic mass is 9.87. The molecule has 0 spiro atoms. The average Bonchev–Trinajstić information content (AvgIpc) is 3.50. The van der Waals surface area contributed by atoms with E-state index in [0.29, 0.717) is 11.5 Å². The van der Waals surface area contributed by atoms with Crippen LogP contribution in [0, 0.1) is 0 Å². The van der Waals surface area contributed by atoms with E-state index in [-0.39, 0.29) is 29.7 Å². The summed E-state index contributed by atoms with van der Waals surface area (Å²) in [6, 6.07) is 14.3. The normalized spacial score (nSPS) is 21.2. The van der Waals surface area contributed by atoms with E-state index in [1.165, 1.54) is 0 Å². The Morgan fingerprint density at radius 1 is 1.05 bits per heavy atom. The summed E-state index contributed by atoms with van der Waals surface area (Å²) in [7, 11) is 0. The van der Waals surface area contributed by atoms with Crippen molar-refractivity contribution in [3.8, 4) is 22.4 Å². The van der Waals surface area contributed by atoms with E-state index < -0.39 is 0 Å². The first-order valence-corrected chi connectivity index (χ1v) is 13.8. The van der Waals surface area contributed by atoms with E-state index in [4.69, 9.17) is 22.3 Å². The monoisotopic (exact) mass is 527 g/mol. The molecule has 1 amide bonds. The Morgan fingerprint density at radius 2 is 1.79 bits per heavy atom. The summed E-state index contributed by atoms with van der Waals surface area (Å²) in [5.41, 5.74) is 17.9. The molecule has 2 saturated heterocycles. The quantitative estimate of drug-likeness (QED) is 0.120. The molecule has 2 fully saturated rings. The first-order valence-electron chi connectivity index (χ1n) is 12.6. The molecule has 38 heavy (non-hydrogen) atoms. The first kappa shape index (κ1) is 24.2. The van der Waals surface area contributed by atoms with Gasteiger partial charge in [-0.1, -0.05) is 36.4 Å². The number of hydrazone groups is 1. The largest absolute Gasteiger partial charge is 0.383 e. The van der Waals surface area contributed by atoms with Gasteiger partial charge in [0.1, 0.15) is 5.82 Å². The minimum Gasteiger partial charge on any atom is -0.383 e. The molecule has 2 bridgehead atoms. The Kier molecular flexibility index (Phi) is 6.15. The van der Waals surface area contributed by atoms with Gasteiger partial charge in [-0.15, -0.1) is 11.8 Å². The van der Waals surface area contributed by atoms with Crippen LogP contribution < -0.4 is 17.3 Å². The predicted octanol–water partition coefficient (Wildman–Crippen LogP) is 3.23. The van der Waals surface area contributed by atoms with Crippen molar-refractivity contribution in [1.82, 2.24) is 24.5 Å². The average molecular weight is 528 g/mol. The molecular weight excluding hydrogens is 498 g/mol. The number of benzene rings is 1. The molecule has 2 aliphatic rings. The maximum absolute atomic E-state index is 12.8. The van der Waals surface area contributed by atoms with Crippen molar-refractivity contribution in [3.63, 3.8) is 0 Å². The maximum atomic E-state index is 12.8. The summed E-state index contributed by atoms with van der Waals surface area (Å²) in [4.78, 5) is 25.4. The van der Waals surface area contributed by atoms with Crippen LogP contribution in [0.15, 0.2) is 64.9 Å². The molecular formula is C27H29N9OS. The number of amides is 1. The maximum Gasteiger partial charge on any atom is 0.291 e. The molecule has 6 N–H and O–H groups in total. The van der Waals surface area contributed by atoms with Crippen LogP contribution in [0.3, 0.4) is 0 Å². The lowest BCUT2D eigenvalue weighted by Crippen LogP contribution is -2.51. The lowest BCUT2D eigenvalue weighted by molar-refractivity contribution is -0.128. The number of thioether (sulfide) groups is 1. The molecule has 4 aromatic rings. The number of piperidine rings is 1. The van der Waals surface area contributed by atoms with E-state index in [2.05, 4.69) is 15.2 Å². The molecule has 1 aromatic carbocycles. The van der Waals surface area contributed by atoms with E-state index in [1.807, 2.05) is 59.8 Å². The van der Waals surface area contributed by atoms with Crippen LogP contribution in [-0.2, 0) is 4.79 Å². The number of rotatable bonds is 4. The number of nitrogens with two attached hydrogens (primary N) is 3. The third-order valence-corrected chi connectivity index (χ3v) is 8.55. The van der Waals surface area contributed by atoms with Crippen LogP contribution in [0.1, 0.15) is 37.3 Å². The highest BCUT2D eigenvalue weighted by molar-refractivity contribution is 7.98. The summed E-state index contributed by atoms with van der Waals surface area (Å²) < 4.78 is 1.71. The van der Waals surface area contributed by atoms with Crippen LogP contribution in [-0.4, -0.2) is 54.6 Å². The highest BCUT2D eigenvalue weighted by Crippen LogP contribution is 2.46. The van der Waals surface area contributed by atoms with Crippen LogP contribution in [0.25, 0.3) is 28.0 Å². The highest BCUT2D eigenvalue weighted by Gasteiger charge is 2.45. The summed E-state index contributed by atoms with van der Waals surface area (Å²) in [5, 5.41) is 7.99. The van der Waals surface area contributed by atoms with E-state index in [1.54, 1.807) is 22.5 Å². The van der Waals surface area contributed by atoms with E-state index in [0.717, 1.165) is 58.7 Å². The molecule has 3 atom stereocenters. The fourth-order valence-corrected chi connectivity index (χ4v) is 6.68. The molecule has 0 saturated carbocycles. The Balaban J connectivity index is 1.36. The Morgan fingerprint density at radius 3 is 2.42 bits per heavy atom. The summed E-state index contributed by atoms with van der Waals surface area (Å²) in [6.45, 7) is 0. The van der Waals surface area contributed by atoms with Crippen LogP contribution in [0.5, 0.6) is 0 Å². The number of carbonyl (C=O) groups excluding carboxylic acids is 1. The fraction of sp³-hybridized carbons (Fsp3) is 0.296. The number of anilines is 1. The number of aromatic nitrogens is 4. The summed E-state index contributed by atoms with van der Waals surface area (Å²) in [6.07, 6.45) is 9.08. The second-order valence-electron chi connectivity index (χ2n) is 9.79. The van der Waals surface area contributed by atoms with Crippen LogP contribution in [0.2, 0.25) is 0 Å². The summed E-state index contributed by atoms with van der Waals surface area (Å²) >= 11 is 1.58. The standard InChI is InChI=1S/C27H29N9OS/c1-38-23-22(17-11-18-8-9-19(12-17)35(18)27(37)24(28)34-30)33-26-20(14-32-36(26)25(23)29)16-7-10-21(31-13-16)15-5-3-2-4-6-15/h2-7,10,13-14,17-19H,8-9,11-12,29-30H2,1H3,(H2,28,34)/t17?,18-,19?/m0/s1. The van der Waals surface area contributed by atoms with Gasteiger partial charge in [0.2, 0.25) is 5.84 Å². The third kappa shape index (κ3) is 3.94. The van der Waals surface area contributed by atoms with E-state index in [9.17, 15) is 4.79 Å². The van der Waals surface area contributed by atoms with Gasteiger partial charge in [-0.05, 0) is 38.0 Å². The van der Waals surface area contributed by atoms with Crippen molar-refractivity contribution in [3.05, 3.63) is 60.6 Å². The number of pyridine rings is 1. The molecule has 5 heterocycles. The zero-order chi connectivity index (χ0) is 26.4. The van der Waals surface area contributed by atoms with Crippen molar-refractivity contribution < 1.29 is 4.79 Å². The fourth-order valence-electron chi connectivity index (χ4n) is 5.96. The molecule has 3 aromatic heterocycles. The molecule has 0 aliphatic carbocycles. The second-order valence-corrected chi connectivity index (χ2v) is 10.6. The van der Waals surface area contributed by atoms with Gasteiger partial charge in [0.25, 0.3) is 5.91 Å². The SMILES string of the molecule is CSc1c(C2CC3CC[C@@H](C2)N3C(=O)/C(N)=N/N)nc2c(-c3ccc(-c4ccccc4)nc3)cnn2c1N. The Bertz CT molecular complexity index is 1520. The molecule has 6 rings (SSSR count). The topological polar surface area (TPSA) is 154 Å². The predicted molar refractivity (Wildman–Crippen MR) is 149 cm³/mol. The minimum atomic E-state index is -0.281. The number of hydrogen-bond donors (Lipinski definition) is 3. The van der Waals surface area contributed by atoms with Gasteiger partial charge in [0, 0.05) is 40.9 Å². The van der Waals surface area contributed by atoms with Crippen LogP contribution >= 0.6 is 11.8 Å². The number of nitrogen functional groups attached to an aromatic ring is 1. The highest BCUT2D eigenvalue weighted by atomic mass is 32.2. The van der Waals surface area contributed by atoms with Gasteiger partial charge in [-0.25, -0.2) is 4.98 Å². The number of amidine groups is 1. The van der Waals surface area contributed by atoms with Crippen molar-refractivity contribution in [2.75, 3.05) is 12.0 Å². The number of hydrogen-bond acceptors (Lipinski definition) is 8. The lowest BCUT2D eigenvalue weighted by Gasteiger charge is -2.39. The molecule has 2 aliphatic heterocycles. The van der Waals surface area contributed by atoms with Crippen molar-refractivity contribution >= 4 is 35.0 Å². The number of carbonyl (C=O) groups is 1. The molecule has 11 heteroatoms. The first-order chi connectivity index (χ1) is 18.5. The number of nitrogens with zero attached hydrogens (tertiary/aromatic N) is 6. The van der Waals surface area contributed by atoms with Crippen molar-refractivity contribution in [2.24, 2.45) is 16.7 Å². The smallest absolute Gasteiger partial charge is 0.291 e. The van der Waals surface area contributed by atoms with Gasteiger partial charge in [0.05, 0.1) is 22.5 Å². The Hall–Kier alpha value is -4.12. The van der Waals surface area contributed by atoms with Crippen LogP contribution in [0.4, 0.5) is 5.82 Å². The molecule has 10 nitrogen and oxygen atoms in total. The zero-order valence-corrected chi connectivity index (χ0v) is 21.8.